The van der Waals surface area contributed by atoms with Crippen molar-refractivity contribution in [2.45, 2.75) is 25.9 Å². The fourth-order valence-electron chi connectivity index (χ4n) is 2.82. The van der Waals surface area contributed by atoms with Gasteiger partial charge >= 0.3 is 0 Å². The molecule has 1 amide bonds. The molecule has 1 aliphatic rings. The second-order valence-electron chi connectivity index (χ2n) is 5.73. The first-order valence-electron chi connectivity index (χ1n) is 7.85. The Labute approximate surface area is 136 Å². The average molecular weight is 305 g/mol. The number of benzene rings is 2. The van der Waals surface area contributed by atoms with Crippen molar-refractivity contribution < 1.29 is 4.79 Å². The quantitative estimate of drug-likeness (QED) is 0.924. The average Bonchev–Trinajstić information content (AvgIpc) is 3.02. The summed E-state index contributed by atoms with van der Waals surface area (Å²) in [6.07, 6.45) is 1.61. The Morgan fingerprint density at radius 1 is 1.09 bits per heavy atom. The standard InChI is InChI=1S/C19H19N3O/c20-12-16-3-1-4-17(11-16)14-21-13-15-6-8-18(9-7-15)22-10-2-5-19(22)23/h1,3-4,6-9,11,21H,2,5,10,13-14H2. The number of nitrogens with zero attached hydrogens (tertiary/aromatic N) is 2. The minimum absolute atomic E-state index is 0.216. The van der Waals surface area contributed by atoms with E-state index in [1.54, 1.807) is 0 Å². The maximum Gasteiger partial charge on any atom is 0.227 e. The van der Waals surface area contributed by atoms with Crippen LogP contribution in [0.5, 0.6) is 0 Å². The van der Waals surface area contributed by atoms with Crippen molar-refractivity contribution in [3.05, 3.63) is 65.2 Å². The number of hydrogen-bond donors (Lipinski definition) is 1. The lowest BCUT2D eigenvalue weighted by atomic mass is 10.1. The van der Waals surface area contributed by atoms with Gasteiger partial charge in [0.1, 0.15) is 0 Å². The molecule has 1 aliphatic heterocycles. The van der Waals surface area contributed by atoms with Crippen LogP contribution in [-0.2, 0) is 17.9 Å². The fourth-order valence-corrected chi connectivity index (χ4v) is 2.82. The molecule has 2 aromatic carbocycles. The van der Waals surface area contributed by atoms with E-state index in [0.29, 0.717) is 12.0 Å². The monoisotopic (exact) mass is 305 g/mol. The maximum absolute atomic E-state index is 11.7. The Kier molecular flexibility index (Phi) is 4.70. The van der Waals surface area contributed by atoms with Crippen LogP contribution < -0.4 is 10.2 Å². The van der Waals surface area contributed by atoms with Gasteiger partial charge in [-0.2, -0.15) is 5.26 Å². The van der Waals surface area contributed by atoms with Crippen LogP contribution in [0.1, 0.15) is 29.5 Å². The van der Waals surface area contributed by atoms with E-state index in [2.05, 4.69) is 23.5 Å². The lowest BCUT2D eigenvalue weighted by molar-refractivity contribution is -0.117. The van der Waals surface area contributed by atoms with Gasteiger partial charge in [0.25, 0.3) is 0 Å². The van der Waals surface area contributed by atoms with E-state index < -0.39 is 0 Å². The molecular formula is C19H19N3O. The van der Waals surface area contributed by atoms with E-state index in [-0.39, 0.29) is 5.91 Å². The first-order valence-corrected chi connectivity index (χ1v) is 7.85. The van der Waals surface area contributed by atoms with Crippen LogP contribution in [0.3, 0.4) is 0 Å². The third kappa shape index (κ3) is 3.77. The number of rotatable bonds is 5. The molecule has 3 rings (SSSR count). The van der Waals surface area contributed by atoms with E-state index in [0.717, 1.165) is 37.3 Å². The van der Waals surface area contributed by atoms with Gasteiger partial charge in [0.15, 0.2) is 0 Å². The lowest BCUT2D eigenvalue weighted by Gasteiger charge is -2.16. The summed E-state index contributed by atoms with van der Waals surface area (Å²) in [5, 5.41) is 12.3. The Morgan fingerprint density at radius 3 is 2.57 bits per heavy atom. The minimum Gasteiger partial charge on any atom is -0.312 e. The smallest absolute Gasteiger partial charge is 0.227 e. The van der Waals surface area contributed by atoms with Crippen molar-refractivity contribution >= 4 is 11.6 Å². The molecule has 1 N–H and O–H groups in total. The van der Waals surface area contributed by atoms with Crippen molar-refractivity contribution in [1.82, 2.24) is 5.32 Å². The zero-order chi connectivity index (χ0) is 16.1. The summed E-state index contributed by atoms with van der Waals surface area (Å²) >= 11 is 0. The highest BCUT2D eigenvalue weighted by Gasteiger charge is 2.21. The summed E-state index contributed by atoms with van der Waals surface area (Å²) in [5.41, 5.74) is 3.95. The van der Waals surface area contributed by atoms with Gasteiger partial charge < -0.3 is 10.2 Å². The van der Waals surface area contributed by atoms with Crippen molar-refractivity contribution in [1.29, 1.82) is 5.26 Å². The number of hydrogen-bond acceptors (Lipinski definition) is 3. The molecule has 0 saturated carbocycles. The number of nitrogens with one attached hydrogen (secondary N) is 1. The highest BCUT2D eigenvalue weighted by Crippen LogP contribution is 2.21. The van der Waals surface area contributed by atoms with Crippen LogP contribution in [0.4, 0.5) is 5.69 Å². The van der Waals surface area contributed by atoms with Crippen molar-refractivity contribution in [2.24, 2.45) is 0 Å². The normalized spacial score (nSPS) is 14.0. The molecule has 4 heteroatoms. The molecule has 0 bridgehead atoms. The Balaban J connectivity index is 1.54. The maximum atomic E-state index is 11.7. The van der Waals surface area contributed by atoms with Crippen LogP contribution in [0.2, 0.25) is 0 Å². The number of carbonyl (C=O) groups excluding carboxylic acids is 1. The van der Waals surface area contributed by atoms with Crippen LogP contribution in [-0.4, -0.2) is 12.5 Å². The minimum atomic E-state index is 0.216. The molecule has 0 unspecified atom stereocenters. The van der Waals surface area contributed by atoms with E-state index in [9.17, 15) is 4.79 Å². The molecule has 116 valence electrons. The molecule has 23 heavy (non-hydrogen) atoms. The van der Waals surface area contributed by atoms with Gasteiger partial charge in [-0.25, -0.2) is 0 Å². The first-order chi connectivity index (χ1) is 11.3. The number of anilines is 1. The summed E-state index contributed by atoms with van der Waals surface area (Å²) < 4.78 is 0. The molecule has 0 atom stereocenters. The number of amides is 1. The van der Waals surface area contributed by atoms with Gasteiger partial charge in [-0.3, -0.25) is 4.79 Å². The number of carbonyl (C=O) groups is 1. The largest absolute Gasteiger partial charge is 0.312 e. The Hall–Kier alpha value is -2.64. The molecule has 0 aromatic heterocycles. The molecule has 0 aliphatic carbocycles. The zero-order valence-corrected chi connectivity index (χ0v) is 13.0. The van der Waals surface area contributed by atoms with Crippen LogP contribution in [0.15, 0.2) is 48.5 Å². The summed E-state index contributed by atoms with van der Waals surface area (Å²) in [5.74, 6) is 0.216. The molecule has 0 spiro atoms. The third-order valence-electron chi connectivity index (χ3n) is 4.04. The second kappa shape index (κ2) is 7.08. The highest BCUT2D eigenvalue weighted by atomic mass is 16.2. The Morgan fingerprint density at radius 2 is 1.87 bits per heavy atom. The van der Waals surface area contributed by atoms with Gasteiger partial charge in [0, 0.05) is 31.7 Å². The fraction of sp³-hybridized carbons (Fsp3) is 0.263. The highest BCUT2D eigenvalue weighted by molar-refractivity contribution is 5.95. The van der Waals surface area contributed by atoms with E-state index >= 15 is 0 Å². The van der Waals surface area contributed by atoms with Gasteiger partial charge in [0.2, 0.25) is 5.91 Å². The van der Waals surface area contributed by atoms with Gasteiger partial charge in [0.05, 0.1) is 11.6 Å². The molecule has 0 radical (unpaired) electrons. The van der Waals surface area contributed by atoms with E-state index in [4.69, 9.17) is 5.26 Å². The van der Waals surface area contributed by atoms with Gasteiger partial charge in [-0.15, -0.1) is 0 Å². The summed E-state index contributed by atoms with van der Waals surface area (Å²) in [6.45, 7) is 2.30. The topological polar surface area (TPSA) is 56.1 Å². The third-order valence-corrected chi connectivity index (χ3v) is 4.04. The van der Waals surface area contributed by atoms with Crippen LogP contribution in [0.25, 0.3) is 0 Å². The SMILES string of the molecule is N#Cc1cccc(CNCc2ccc(N3CCCC3=O)cc2)c1. The predicted molar refractivity (Wildman–Crippen MR) is 89.7 cm³/mol. The zero-order valence-electron chi connectivity index (χ0n) is 13.0. The van der Waals surface area contributed by atoms with Gasteiger partial charge in [-0.05, 0) is 41.8 Å². The molecule has 1 heterocycles. The van der Waals surface area contributed by atoms with Crippen molar-refractivity contribution in [3.63, 3.8) is 0 Å². The molecule has 1 saturated heterocycles. The summed E-state index contributed by atoms with van der Waals surface area (Å²) in [6, 6.07) is 17.9. The predicted octanol–water partition coefficient (Wildman–Crippen LogP) is 2.97. The Bertz CT molecular complexity index is 731. The molecule has 2 aromatic rings. The lowest BCUT2D eigenvalue weighted by Crippen LogP contribution is -2.23. The molecule has 4 nitrogen and oxygen atoms in total. The van der Waals surface area contributed by atoms with E-state index in [1.807, 2.05) is 41.3 Å². The number of nitriles is 1. The molecular weight excluding hydrogens is 286 g/mol. The second-order valence-corrected chi connectivity index (χ2v) is 5.73. The van der Waals surface area contributed by atoms with Crippen molar-refractivity contribution in [3.8, 4) is 6.07 Å². The molecule has 1 fully saturated rings. The van der Waals surface area contributed by atoms with Crippen molar-refractivity contribution in [2.75, 3.05) is 11.4 Å². The van der Waals surface area contributed by atoms with E-state index in [1.165, 1.54) is 5.56 Å². The van der Waals surface area contributed by atoms with Crippen LogP contribution in [0, 0.1) is 11.3 Å². The summed E-state index contributed by atoms with van der Waals surface area (Å²) in [4.78, 5) is 13.6. The van der Waals surface area contributed by atoms with Crippen LogP contribution >= 0.6 is 0 Å². The first kappa shape index (κ1) is 15.3. The summed E-state index contributed by atoms with van der Waals surface area (Å²) in [7, 11) is 0. The van der Waals surface area contributed by atoms with Gasteiger partial charge in [-0.1, -0.05) is 24.3 Å².